The quantitative estimate of drug-likeness (QED) is 0.527. The van der Waals surface area contributed by atoms with Crippen LogP contribution in [-0.4, -0.2) is 59.8 Å². The zero-order chi connectivity index (χ0) is 19.7. The number of aromatic nitrogens is 2. The minimum atomic E-state index is 0.201. The molecule has 3 aromatic rings. The summed E-state index contributed by atoms with van der Waals surface area (Å²) < 4.78 is 0. The lowest BCUT2D eigenvalue weighted by molar-refractivity contribution is -0.883. The van der Waals surface area contributed by atoms with Gasteiger partial charge in [0.05, 0.1) is 44.4 Å². The van der Waals surface area contributed by atoms with Gasteiger partial charge in [0.2, 0.25) is 5.91 Å². The molecule has 1 fully saturated rings. The summed E-state index contributed by atoms with van der Waals surface area (Å²) in [4.78, 5) is 26.1. The molecule has 0 unspecified atom stereocenters. The first-order valence-electron chi connectivity index (χ1n) is 9.54. The Bertz CT molecular complexity index is 1010. The summed E-state index contributed by atoms with van der Waals surface area (Å²) in [6.07, 6.45) is 1.61. The largest absolute Gasteiger partial charge is 0.334 e. The Morgan fingerprint density at radius 3 is 2.75 bits per heavy atom. The number of piperazine rings is 1. The smallest absolute Gasteiger partial charge is 0.233 e. The minimum Gasteiger partial charge on any atom is -0.334 e. The van der Waals surface area contributed by atoms with Gasteiger partial charge in [-0.25, -0.2) is 9.97 Å². The van der Waals surface area contributed by atoms with Gasteiger partial charge in [-0.3, -0.25) is 4.79 Å². The predicted octanol–water partition coefficient (Wildman–Crippen LogP) is 2.42. The van der Waals surface area contributed by atoms with Gasteiger partial charge >= 0.3 is 0 Å². The molecule has 0 saturated carbocycles. The third kappa shape index (κ3) is 3.92. The molecule has 1 aliphatic rings. The van der Waals surface area contributed by atoms with Crippen LogP contribution in [0.2, 0.25) is 0 Å². The Morgan fingerprint density at radius 1 is 1.21 bits per heavy atom. The maximum absolute atomic E-state index is 12.6. The fourth-order valence-corrected chi connectivity index (χ4v) is 5.33. The van der Waals surface area contributed by atoms with Crippen molar-refractivity contribution in [1.82, 2.24) is 14.9 Å². The SMILES string of the molecule is Cc1ccc(-c2csc3ncnc(SCC(=O)N4CC[NH+](C)CC4)c23)cc1C. The second-order valence-corrected chi connectivity index (χ2v) is 9.26. The van der Waals surface area contributed by atoms with Gasteiger partial charge in [-0.1, -0.05) is 30.0 Å². The highest BCUT2D eigenvalue weighted by Gasteiger charge is 2.22. The van der Waals surface area contributed by atoms with Crippen molar-refractivity contribution in [1.29, 1.82) is 0 Å². The molecule has 1 amide bonds. The minimum absolute atomic E-state index is 0.201. The van der Waals surface area contributed by atoms with Gasteiger partial charge < -0.3 is 9.80 Å². The summed E-state index contributed by atoms with van der Waals surface area (Å²) in [5, 5.41) is 4.11. The number of hydrogen-bond acceptors (Lipinski definition) is 5. The van der Waals surface area contributed by atoms with Gasteiger partial charge in [0.25, 0.3) is 0 Å². The van der Waals surface area contributed by atoms with Crippen LogP contribution < -0.4 is 4.90 Å². The van der Waals surface area contributed by atoms with E-state index >= 15 is 0 Å². The van der Waals surface area contributed by atoms with Gasteiger partial charge in [0, 0.05) is 10.9 Å². The van der Waals surface area contributed by atoms with E-state index in [1.165, 1.54) is 33.4 Å². The molecule has 3 heterocycles. The first kappa shape index (κ1) is 19.4. The van der Waals surface area contributed by atoms with Gasteiger partial charge in [0.15, 0.2) is 0 Å². The number of benzene rings is 1. The zero-order valence-electron chi connectivity index (χ0n) is 16.5. The van der Waals surface area contributed by atoms with Crippen LogP contribution in [0.25, 0.3) is 21.3 Å². The van der Waals surface area contributed by atoms with Gasteiger partial charge in [-0.15, -0.1) is 11.3 Å². The van der Waals surface area contributed by atoms with E-state index in [-0.39, 0.29) is 5.91 Å². The molecule has 0 atom stereocenters. The number of fused-ring (bicyclic) bond motifs is 1. The van der Waals surface area contributed by atoms with Crippen LogP contribution in [0.3, 0.4) is 0 Å². The summed E-state index contributed by atoms with van der Waals surface area (Å²) in [7, 11) is 2.18. The molecule has 1 N–H and O–H groups in total. The number of thiophene rings is 1. The normalized spacial score (nSPS) is 15.3. The summed E-state index contributed by atoms with van der Waals surface area (Å²) in [5.74, 6) is 0.625. The van der Waals surface area contributed by atoms with Crippen molar-refractivity contribution in [3.05, 3.63) is 41.0 Å². The second kappa shape index (κ2) is 8.19. The van der Waals surface area contributed by atoms with E-state index in [1.54, 1.807) is 17.7 Å². The molecular formula is C21H25N4OS2+. The summed E-state index contributed by atoms with van der Waals surface area (Å²) >= 11 is 3.16. The van der Waals surface area contributed by atoms with Crippen LogP contribution in [0, 0.1) is 13.8 Å². The number of quaternary nitrogens is 1. The maximum Gasteiger partial charge on any atom is 0.233 e. The highest BCUT2D eigenvalue weighted by Crippen LogP contribution is 2.38. The number of nitrogens with zero attached hydrogens (tertiary/aromatic N) is 3. The number of likely N-dealkylation sites (N-methyl/N-ethyl adjacent to an activating group) is 1. The van der Waals surface area contributed by atoms with Crippen molar-refractivity contribution < 1.29 is 9.69 Å². The number of rotatable bonds is 4. The molecular weight excluding hydrogens is 388 g/mol. The van der Waals surface area contributed by atoms with Crippen molar-refractivity contribution in [2.45, 2.75) is 18.9 Å². The third-order valence-electron chi connectivity index (χ3n) is 5.46. The number of carbonyl (C=O) groups excluding carboxylic acids is 1. The van der Waals surface area contributed by atoms with E-state index in [1.807, 2.05) is 4.90 Å². The Hall–Kier alpha value is -1.96. The molecule has 28 heavy (non-hydrogen) atoms. The summed E-state index contributed by atoms with van der Waals surface area (Å²) in [5.41, 5.74) is 4.89. The number of carbonyl (C=O) groups is 1. The first-order valence-corrected chi connectivity index (χ1v) is 11.4. The molecule has 0 bridgehead atoms. The number of hydrogen-bond donors (Lipinski definition) is 1. The lowest BCUT2D eigenvalue weighted by Gasteiger charge is -2.30. The number of thioether (sulfide) groups is 1. The third-order valence-corrected chi connectivity index (χ3v) is 7.32. The molecule has 1 aromatic carbocycles. The lowest BCUT2D eigenvalue weighted by Crippen LogP contribution is -3.12. The van der Waals surface area contributed by atoms with Crippen molar-refractivity contribution >= 4 is 39.2 Å². The maximum atomic E-state index is 12.6. The molecule has 0 spiro atoms. The lowest BCUT2D eigenvalue weighted by atomic mass is 10.0. The fourth-order valence-electron chi connectivity index (χ4n) is 3.44. The average Bonchev–Trinajstić information content (AvgIpc) is 3.13. The van der Waals surface area contributed by atoms with E-state index in [4.69, 9.17) is 0 Å². The molecule has 0 aliphatic carbocycles. The van der Waals surface area contributed by atoms with Crippen LogP contribution in [-0.2, 0) is 4.79 Å². The molecule has 0 radical (unpaired) electrons. The first-order chi connectivity index (χ1) is 13.5. The van der Waals surface area contributed by atoms with Crippen molar-refractivity contribution in [2.24, 2.45) is 0 Å². The average molecular weight is 414 g/mol. The van der Waals surface area contributed by atoms with Crippen LogP contribution in [0.5, 0.6) is 0 Å². The number of amides is 1. The molecule has 5 nitrogen and oxygen atoms in total. The standard InChI is InChI=1S/C21H24N4OS2/c1-14-4-5-16(10-15(14)2)17-11-27-20-19(17)21(23-13-22-20)28-12-18(26)25-8-6-24(3)7-9-25/h4-5,10-11,13H,6-9,12H2,1-3H3/p+1. The highest BCUT2D eigenvalue weighted by atomic mass is 32.2. The summed E-state index contributed by atoms with van der Waals surface area (Å²) in [6, 6.07) is 6.53. The van der Waals surface area contributed by atoms with Crippen LogP contribution in [0.1, 0.15) is 11.1 Å². The fraction of sp³-hybridized carbons (Fsp3) is 0.381. The van der Waals surface area contributed by atoms with Crippen LogP contribution >= 0.6 is 23.1 Å². The van der Waals surface area contributed by atoms with E-state index < -0.39 is 0 Å². The second-order valence-electron chi connectivity index (χ2n) is 7.43. The Morgan fingerprint density at radius 2 is 2.00 bits per heavy atom. The van der Waals surface area contributed by atoms with Crippen molar-refractivity contribution in [2.75, 3.05) is 39.0 Å². The molecule has 146 valence electrons. The molecule has 2 aromatic heterocycles. The number of nitrogens with one attached hydrogen (secondary N) is 1. The summed E-state index contributed by atoms with van der Waals surface area (Å²) in [6.45, 7) is 8.00. The molecule has 4 rings (SSSR count). The van der Waals surface area contributed by atoms with E-state index in [0.717, 1.165) is 47.0 Å². The Labute approximate surface area is 173 Å². The molecule has 1 aliphatic heterocycles. The van der Waals surface area contributed by atoms with E-state index in [0.29, 0.717) is 5.75 Å². The topological polar surface area (TPSA) is 50.5 Å². The van der Waals surface area contributed by atoms with Gasteiger partial charge in [0.1, 0.15) is 16.2 Å². The molecule has 1 saturated heterocycles. The molecule has 7 heteroatoms. The van der Waals surface area contributed by atoms with E-state index in [9.17, 15) is 4.79 Å². The predicted molar refractivity (Wildman–Crippen MR) is 116 cm³/mol. The number of aryl methyl sites for hydroxylation is 2. The van der Waals surface area contributed by atoms with Gasteiger partial charge in [-0.05, 0) is 30.5 Å². The Kier molecular flexibility index (Phi) is 5.66. The van der Waals surface area contributed by atoms with Crippen molar-refractivity contribution in [3.63, 3.8) is 0 Å². The Balaban J connectivity index is 1.58. The highest BCUT2D eigenvalue weighted by molar-refractivity contribution is 8.00. The monoisotopic (exact) mass is 413 g/mol. The van der Waals surface area contributed by atoms with Crippen LogP contribution in [0.4, 0.5) is 0 Å². The van der Waals surface area contributed by atoms with Crippen molar-refractivity contribution in [3.8, 4) is 11.1 Å². The van der Waals surface area contributed by atoms with E-state index in [2.05, 4.69) is 54.4 Å². The van der Waals surface area contributed by atoms with Crippen LogP contribution in [0.15, 0.2) is 34.9 Å². The van der Waals surface area contributed by atoms with Gasteiger partial charge in [-0.2, -0.15) is 0 Å². The zero-order valence-corrected chi connectivity index (χ0v) is 18.1.